The highest BCUT2D eigenvalue weighted by atomic mass is 16.2. The first kappa shape index (κ1) is 19.9. The van der Waals surface area contributed by atoms with Crippen molar-refractivity contribution in [3.05, 3.63) is 34.9 Å². The van der Waals surface area contributed by atoms with Crippen LogP contribution in [-0.2, 0) is 22.4 Å². The molecule has 0 radical (unpaired) electrons. The Kier molecular flexibility index (Phi) is 5.88. The van der Waals surface area contributed by atoms with Crippen molar-refractivity contribution in [2.24, 2.45) is 0 Å². The Labute approximate surface area is 172 Å². The summed E-state index contributed by atoms with van der Waals surface area (Å²) in [7, 11) is 0. The smallest absolute Gasteiger partial charge is 0.251 e. The number of piperidine rings is 1. The van der Waals surface area contributed by atoms with Gasteiger partial charge in [-0.3, -0.25) is 14.4 Å². The molecule has 2 fully saturated rings. The van der Waals surface area contributed by atoms with Crippen LogP contribution in [0.1, 0.15) is 79.3 Å². The second kappa shape index (κ2) is 8.56. The molecule has 3 N–H and O–H groups in total. The number of fused-ring (bicyclic) bond motifs is 1. The molecule has 0 unspecified atom stereocenters. The Balaban J connectivity index is 1.43. The van der Waals surface area contributed by atoms with Gasteiger partial charge >= 0.3 is 0 Å². The van der Waals surface area contributed by atoms with Gasteiger partial charge in [0.05, 0.1) is 5.54 Å². The lowest BCUT2D eigenvalue weighted by atomic mass is 9.81. The van der Waals surface area contributed by atoms with Crippen LogP contribution in [0.4, 0.5) is 0 Å². The standard InChI is InChI=1S/C23H31N3O3/c27-20-12-6-11-19(25-20)22(29)26-23(13-2-1-3-14-23)15-24-21(28)18-10-5-8-16-7-4-9-17(16)18/h5,8,10,19H,1-4,6-7,9,11-15H2,(H,24,28)(H,25,27)(H,26,29)/t19-/m1/s1. The molecule has 1 saturated heterocycles. The summed E-state index contributed by atoms with van der Waals surface area (Å²) in [6.07, 6.45) is 9.95. The van der Waals surface area contributed by atoms with Crippen molar-refractivity contribution in [1.82, 2.24) is 16.0 Å². The van der Waals surface area contributed by atoms with Gasteiger partial charge in [0.1, 0.15) is 6.04 Å². The summed E-state index contributed by atoms with van der Waals surface area (Å²) in [5, 5.41) is 9.13. The van der Waals surface area contributed by atoms with Crippen LogP contribution in [0.5, 0.6) is 0 Å². The van der Waals surface area contributed by atoms with E-state index < -0.39 is 11.6 Å². The number of rotatable bonds is 5. The molecule has 29 heavy (non-hydrogen) atoms. The maximum atomic E-state index is 12.9. The minimum atomic E-state index is -0.455. The zero-order chi connectivity index (χ0) is 20.3. The van der Waals surface area contributed by atoms with Gasteiger partial charge in [-0.05, 0) is 62.1 Å². The Morgan fingerprint density at radius 1 is 1.03 bits per heavy atom. The molecule has 6 nitrogen and oxygen atoms in total. The normalized spacial score (nSPS) is 23.0. The van der Waals surface area contributed by atoms with Crippen LogP contribution < -0.4 is 16.0 Å². The number of nitrogens with one attached hydrogen (secondary N) is 3. The molecule has 0 bridgehead atoms. The van der Waals surface area contributed by atoms with Crippen molar-refractivity contribution < 1.29 is 14.4 Å². The van der Waals surface area contributed by atoms with Crippen molar-refractivity contribution in [3.8, 4) is 0 Å². The number of aryl methyl sites for hydroxylation is 1. The average Bonchev–Trinajstić information content (AvgIpc) is 3.22. The Bertz CT molecular complexity index is 799. The van der Waals surface area contributed by atoms with Crippen molar-refractivity contribution >= 4 is 17.7 Å². The number of benzene rings is 1. The molecule has 1 heterocycles. The number of hydrogen-bond acceptors (Lipinski definition) is 3. The summed E-state index contributed by atoms with van der Waals surface area (Å²) in [6.45, 7) is 0.432. The van der Waals surface area contributed by atoms with E-state index in [2.05, 4.69) is 22.0 Å². The van der Waals surface area contributed by atoms with Gasteiger partial charge in [0.25, 0.3) is 5.91 Å². The van der Waals surface area contributed by atoms with E-state index >= 15 is 0 Å². The highest BCUT2D eigenvalue weighted by Gasteiger charge is 2.37. The average molecular weight is 398 g/mol. The van der Waals surface area contributed by atoms with Crippen LogP contribution in [-0.4, -0.2) is 35.8 Å². The minimum Gasteiger partial charge on any atom is -0.350 e. The lowest BCUT2D eigenvalue weighted by Crippen LogP contribution is -2.61. The van der Waals surface area contributed by atoms with Crippen molar-refractivity contribution in [3.63, 3.8) is 0 Å². The van der Waals surface area contributed by atoms with E-state index in [9.17, 15) is 14.4 Å². The maximum Gasteiger partial charge on any atom is 0.251 e. The Hall–Kier alpha value is -2.37. The van der Waals surface area contributed by atoms with E-state index in [1.54, 1.807) is 0 Å². The second-order valence-corrected chi connectivity index (χ2v) is 8.82. The summed E-state index contributed by atoms with van der Waals surface area (Å²) in [5.74, 6) is -0.218. The SMILES string of the molecule is O=C1CCC[C@H](C(=O)NC2(CNC(=O)c3cccc4c3CCC4)CCCCC2)N1. The summed E-state index contributed by atoms with van der Waals surface area (Å²) < 4.78 is 0. The maximum absolute atomic E-state index is 12.9. The quantitative estimate of drug-likeness (QED) is 0.713. The molecule has 1 atom stereocenters. The van der Waals surface area contributed by atoms with E-state index in [1.807, 2.05) is 12.1 Å². The third-order valence-corrected chi connectivity index (χ3v) is 6.73. The van der Waals surface area contributed by atoms with Crippen molar-refractivity contribution in [2.45, 2.75) is 82.2 Å². The number of carbonyl (C=O) groups is 3. The molecule has 3 aliphatic rings. The molecule has 1 aliphatic heterocycles. The molecule has 3 amide bonds. The van der Waals surface area contributed by atoms with Crippen molar-refractivity contribution in [1.29, 1.82) is 0 Å². The van der Waals surface area contributed by atoms with Crippen LogP contribution in [0.15, 0.2) is 18.2 Å². The van der Waals surface area contributed by atoms with Gasteiger partial charge in [-0.25, -0.2) is 0 Å². The van der Waals surface area contributed by atoms with Gasteiger partial charge in [-0.1, -0.05) is 31.4 Å². The lowest BCUT2D eigenvalue weighted by Gasteiger charge is -2.39. The van der Waals surface area contributed by atoms with E-state index in [-0.39, 0.29) is 17.7 Å². The second-order valence-electron chi connectivity index (χ2n) is 8.82. The van der Waals surface area contributed by atoms with Gasteiger partial charge in [-0.15, -0.1) is 0 Å². The highest BCUT2D eigenvalue weighted by Crippen LogP contribution is 2.29. The first-order valence-electron chi connectivity index (χ1n) is 11.1. The zero-order valence-electron chi connectivity index (χ0n) is 17.0. The highest BCUT2D eigenvalue weighted by molar-refractivity contribution is 5.96. The summed E-state index contributed by atoms with van der Waals surface area (Å²) in [5.41, 5.74) is 2.81. The van der Waals surface area contributed by atoms with Crippen LogP contribution in [0, 0.1) is 0 Å². The Morgan fingerprint density at radius 3 is 2.66 bits per heavy atom. The van der Waals surface area contributed by atoms with Gasteiger partial charge in [0, 0.05) is 18.5 Å². The van der Waals surface area contributed by atoms with Crippen LogP contribution in [0.2, 0.25) is 0 Å². The van der Waals surface area contributed by atoms with E-state index in [4.69, 9.17) is 0 Å². The molecule has 156 valence electrons. The van der Waals surface area contributed by atoms with E-state index in [0.717, 1.165) is 63.4 Å². The molecule has 1 aromatic carbocycles. The van der Waals surface area contributed by atoms with Gasteiger partial charge in [-0.2, -0.15) is 0 Å². The molecule has 0 spiro atoms. The van der Waals surface area contributed by atoms with Gasteiger partial charge in [0.2, 0.25) is 11.8 Å². The minimum absolute atomic E-state index is 0.0473. The molecular formula is C23H31N3O3. The summed E-state index contributed by atoms with van der Waals surface area (Å²) >= 11 is 0. The molecule has 0 aromatic heterocycles. The van der Waals surface area contributed by atoms with Gasteiger partial charge < -0.3 is 16.0 Å². The Morgan fingerprint density at radius 2 is 1.86 bits per heavy atom. The number of amides is 3. The first-order valence-corrected chi connectivity index (χ1v) is 11.1. The van der Waals surface area contributed by atoms with Gasteiger partial charge in [0.15, 0.2) is 0 Å². The summed E-state index contributed by atoms with van der Waals surface area (Å²) in [4.78, 5) is 37.5. The monoisotopic (exact) mass is 397 g/mol. The molecule has 2 aliphatic carbocycles. The fourth-order valence-corrected chi connectivity index (χ4v) is 5.10. The predicted molar refractivity (Wildman–Crippen MR) is 111 cm³/mol. The van der Waals surface area contributed by atoms with E-state index in [1.165, 1.54) is 11.1 Å². The number of hydrogen-bond donors (Lipinski definition) is 3. The van der Waals surface area contributed by atoms with Crippen LogP contribution >= 0.6 is 0 Å². The molecule has 6 heteroatoms. The fourth-order valence-electron chi connectivity index (χ4n) is 5.10. The zero-order valence-corrected chi connectivity index (χ0v) is 17.0. The molecular weight excluding hydrogens is 366 g/mol. The molecule has 1 aromatic rings. The lowest BCUT2D eigenvalue weighted by molar-refractivity contribution is -0.132. The molecule has 1 saturated carbocycles. The number of carbonyl (C=O) groups excluding carboxylic acids is 3. The fraction of sp³-hybridized carbons (Fsp3) is 0.609. The van der Waals surface area contributed by atoms with Crippen LogP contribution in [0.25, 0.3) is 0 Å². The third kappa shape index (κ3) is 4.46. The largest absolute Gasteiger partial charge is 0.350 e. The van der Waals surface area contributed by atoms with Crippen molar-refractivity contribution in [2.75, 3.05) is 6.54 Å². The third-order valence-electron chi connectivity index (χ3n) is 6.73. The predicted octanol–water partition coefficient (Wildman–Crippen LogP) is 2.39. The van der Waals surface area contributed by atoms with Crippen LogP contribution in [0.3, 0.4) is 0 Å². The van der Waals surface area contributed by atoms with E-state index in [0.29, 0.717) is 19.4 Å². The topological polar surface area (TPSA) is 87.3 Å². The summed E-state index contributed by atoms with van der Waals surface area (Å²) in [6, 6.07) is 5.52. The molecule has 4 rings (SSSR count). The first-order chi connectivity index (χ1) is 14.1.